The number of aryl methyl sites for hydroxylation is 1. The van der Waals surface area contributed by atoms with Crippen molar-refractivity contribution in [3.8, 4) is 0 Å². The zero-order valence-corrected chi connectivity index (χ0v) is 12.4. The minimum absolute atomic E-state index is 0.381. The van der Waals surface area contributed by atoms with Crippen LogP contribution in [0.4, 0.5) is 11.8 Å². The van der Waals surface area contributed by atoms with Crippen molar-refractivity contribution in [1.29, 1.82) is 0 Å². The normalized spacial score (nSPS) is 11.9. The zero-order chi connectivity index (χ0) is 14.2. The van der Waals surface area contributed by atoms with E-state index in [2.05, 4.69) is 21.5 Å². The van der Waals surface area contributed by atoms with E-state index < -0.39 is 5.60 Å². The van der Waals surface area contributed by atoms with Gasteiger partial charge in [0.05, 0.1) is 11.0 Å². The molecule has 0 bridgehead atoms. The second-order valence-corrected chi connectivity index (χ2v) is 6.49. The SMILES string of the molecule is Cc1cc2c(N(C)CC(C)(C)O)nc(NN)nc2s1. The first-order chi connectivity index (χ1) is 8.80. The van der Waals surface area contributed by atoms with Crippen LogP contribution in [0.3, 0.4) is 0 Å². The standard InChI is InChI=1S/C12H19N5OS/c1-7-5-8-9(17(4)6-12(2,3)18)14-11(16-13)15-10(8)19-7/h5,18H,6,13H2,1-4H3,(H,14,15,16). The molecule has 0 unspecified atom stereocenters. The summed E-state index contributed by atoms with van der Waals surface area (Å²) in [6.07, 6.45) is 0. The van der Waals surface area contributed by atoms with Crippen LogP contribution in [0.1, 0.15) is 18.7 Å². The molecule has 7 heteroatoms. The van der Waals surface area contributed by atoms with Gasteiger partial charge in [-0.1, -0.05) is 0 Å². The van der Waals surface area contributed by atoms with Gasteiger partial charge in [-0.2, -0.15) is 4.98 Å². The average Bonchev–Trinajstić information content (AvgIpc) is 2.65. The molecular weight excluding hydrogens is 262 g/mol. The van der Waals surface area contributed by atoms with Crippen molar-refractivity contribution in [3.05, 3.63) is 10.9 Å². The van der Waals surface area contributed by atoms with Crippen molar-refractivity contribution >= 4 is 33.3 Å². The first-order valence-corrected chi connectivity index (χ1v) is 6.80. The molecule has 2 aromatic rings. The highest BCUT2D eigenvalue weighted by molar-refractivity contribution is 7.18. The summed E-state index contributed by atoms with van der Waals surface area (Å²) in [5.41, 5.74) is 1.68. The van der Waals surface area contributed by atoms with Gasteiger partial charge in [0.2, 0.25) is 5.95 Å². The summed E-state index contributed by atoms with van der Waals surface area (Å²) in [4.78, 5) is 12.7. The molecule has 0 aliphatic rings. The molecule has 2 aromatic heterocycles. The lowest BCUT2D eigenvalue weighted by Crippen LogP contribution is -2.36. The molecule has 0 saturated carbocycles. The number of fused-ring (bicyclic) bond motifs is 1. The number of aromatic nitrogens is 2. The minimum atomic E-state index is -0.798. The van der Waals surface area contributed by atoms with E-state index in [0.717, 1.165) is 20.9 Å². The Hall–Kier alpha value is -1.44. The largest absolute Gasteiger partial charge is 0.389 e. The number of likely N-dealkylation sites (N-methyl/N-ethyl adjacent to an activating group) is 1. The van der Waals surface area contributed by atoms with Crippen molar-refractivity contribution in [2.45, 2.75) is 26.4 Å². The predicted molar refractivity (Wildman–Crippen MR) is 79.5 cm³/mol. The average molecular weight is 281 g/mol. The van der Waals surface area contributed by atoms with E-state index in [9.17, 15) is 5.11 Å². The quantitative estimate of drug-likeness (QED) is 0.581. The Balaban J connectivity index is 2.50. The van der Waals surface area contributed by atoms with Crippen LogP contribution < -0.4 is 16.2 Å². The molecule has 4 N–H and O–H groups in total. The van der Waals surface area contributed by atoms with Crippen LogP contribution in [0.5, 0.6) is 0 Å². The van der Waals surface area contributed by atoms with Crippen LogP contribution in [0.15, 0.2) is 6.07 Å². The third-order valence-corrected chi connectivity index (χ3v) is 3.55. The fourth-order valence-electron chi connectivity index (χ4n) is 2.04. The lowest BCUT2D eigenvalue weighted by Gasteiger charge is -2.26. The Morgan fingerprint density at radius 3 is 2.74 bits per heavy atom. The van der Waals surface area contributed by atoms with Gasteiger partial charge in [0.1, 0.15) is 10.6 Å². The van der Waals surface area contributed by atoms with Gasteiger partial charge < -0.3 is 10.0 Å². The topological polar surface area (TPSA) is 87.3 Å². The van der Waals surface area contributed by atoms with Crippen LogP contribution in [0, 0.1) is 6.92 Å². The number of hydrogen-bond acceptors (Lipinski definition) is 7. The van der Waals surface area contributed by atoms with Crippen LogP contribution in [-0.2, 0) is 0 Å². The number of nitrogen functional groups attached to an aromatic ring is 1. The molecule has 0 saturated heterocycles. The van der Waals surface area contributed by atoms with Crippen molar-refractivity contribution in [3.63, 3.8) is 0 Å². The van der Waals surface area contributed by atoms with Gasteiger partial charge in [0.25, 0.3) is 0 Å². The Morgan fingerprint density at radius 2 is 2.16 bits per heavy atom. The van der Waals surface area contributed by atoms with Crippen molar-refractivity contribution in [2.24, 2.45) is 5.84 Å². The fourth-order valence-corrected chi connectivity index (χ4v) is 2.91. The van der Waals surface area contributed by atoms with Crippen LogP contribution in [-0.4, -0.2) is 34.3 Å². The third kappa shape index (κ3) is 3.12. The van der Waals surface area contributed by atoms with E-state index in [1.165, 1.54) is 0 Å². The minimum Gasteiger partial charge on any atom is -0.389 e. The molecule has 0 aliphatic heterocycles. The monoisotopic (exact) mass is 281 g/mol. The van der Waals surface area contributed by atoms with E-state index in [0.29, 0.717) is 12.5 Å². The van der Waals surface area contributed by atoms with E-state index in [1.807, 2.05) is 18.9 Å². The molecule has 0 aliphatic carbocycles. The number of anilines is 2. The number of aliphatic hydroxyl groups is 1. The number of hydrazine groups is 1. The fraction of sp³-hybridized carbons (Fsp3) is 0.500. The highest BCUT2D eigenvalue weighted by Crippen LogP contribution is 2.31. The summed E-state index contributed by atoms with van der Waals surface area (Å²) < 4.78 is 0. The van der Waals surface area contributed by atoms with Gasteiger partial charge in [-0.3, -0.25) is 5.43 Å². The Kier molecular flexibility index (Phi) is 3.62. The molecule has 104 valence electrons. The maximum atomic E-state index is 9.93. The molecule has 19 heavy (non-hydrogen) atoms. The molecule has 0 radical (unpaired) electrons. The Labute approximate surface area is 116 Å². The molecule has 2 heterocycles. The first-order valence-electron chi connectivity index (χ1n) is 5.98. The molecule has 0 amide bonds. The molecule has 0 aromatic carbocycles. The van der Waals surface area contributed by atoms with Gasteiger partial charge >= 0.3 is 0 Å². The summed E-state index contributed by atoms with van der Waals surface area (Å²) in [7, 11) is 1.90. The van der Waals surface area contributed by atoms with E-state index in [4.69, 9.17) is 5.84 Å². The summed E-state index contributed by atoms with van der Waals surface area (Å²) in [6, 6.07) is 2.05. The second kappa shape index (κ2) is 4.92. The predicted octanol–water partition coefficient (Wildman–Crippen LogP) is 1.49. The number of nitrogens with zero attached hydrogens (tertiary/aromatic N) is 3. The van der Waals surface area contributed by atoms with Crippen molar-refractivity contribution < 1.29 is 5.11 Å². The Morgan fingerprint density at radius 1 is 1.47 bits per heavy atom. The summed E-state index contributed by atoms with van der Waals surface area (Å²) >= 11 is 1.60. The van der Waals surface area contributed by atoms with Gasteiger partial charge in [-0.05, 0) is 26.8 Å². The molecule has 0 atom stereocenters. The third-order valence-electron chi connectivity index (χ3n) is 2.61. The molecule has 2 rings (SSSR count). The van der Waals surface area contributed by atoms with Gasteiger partial charge in [-0.15, -0.1) is 11.3 Å². The maximum absolute atomic E-state index is 9.93. The van der Waals surface area contributed by atoms with E-state index in [-0.39, 0.29) is 0 Å². The van der Waals surface area contributed by atoms with Crippen molar-refractivity contribution in [1.82, 2.24) is 9.97 Å². The summed E-state index contributed by atoms with van der Waals surface area (Å²) in [6.45, 7) is 6.03. The van der Waals surface area contributed by atoms with Crippen molar-refractivity contribution in [2.75, 3.05) is 23.9 Å². The Bertz CT molecular complexity index is 590. The van der Waals surface area contributed by atoms with Crippen LogP contribution >= 0.6 is 11.3 Å². The van der Waals surface area contributed by atoms with Crippen LogP contribution in [0.2, 0.25) is 0 Å². The number of hydrogen-bond donors (Lipinski definition) is 3. The molecule has 0 fully saturated rings. The second-order valence-electron chi connectivity index (χ2n) is 5.26. The van der Waals surface area contributed by atoms with E-state index >= 15 is 0 Å². The smallest absolute Gasteiger partial charge is 0.240 e. The lowest BCUT2D eigenvalue weighted by atomic mass is 10.1. The lowest BCUT2D eigenvalue weighted by molar-refractivity contribution is 0.0885. The highest BCUT2D eigenvalue weighted by atomic mass is 32.1. The van der Waals surface area contributed by atoms with E-state index in [1.54, 1.807) is 25.2 Å². The number of nitrogens with two attached hydrogens (primary N) is 1. The highest BCUT2D eigenvalue weighted by Gasteiger charge is 2.20. The van der Waals surface area contributed by atoms with Gasteiger partial charge in [-0.25, -0.2) is 10.8 Å². The number of rotatable bonds is 4. The zero-order valence-electron chi connectivity index (χ0n) is 11.6. The summed E-state index contributed by atoms with van der Waals surface area (Å²) in [5, 5.41) is 10.9. The van der Waals surface area contributed by atoms with Gasteiger partial charge in [0, 0.05) is 18.5 Å². The summed E-state index contributed by atoms with van der Waals surface area (Å²) in [5.74, 6) is 6.56. The first kappa shape index (κ1) is 14.0. The number of nitrogens with one attached hydrogen (secondary N) is 1. The molecule has 6 nitrogen and oxygen atoms in total. The van der Waals surface area contributed by atoms with Crippen LogP contribution in [0.25, 0.3) is 10.2 Å². The maximum Gasteiger partial charge on any atom is 0.240 e. The number of thiophene rings is 1. The molecule has 0 spiro atoms. The van der Waals surface area contributed by atoms with Gasteiger partial charge in [0.15, 0.2) is 0 Å². The molecular formula is C12H19N5OS.